The zero-order valence-electron chi connectivity index (χ0n) is 21.9. The highest BCUT2D eigenvalue weighted by molar-refractivity contribution is 6.10. The van der Waals surface area contributed by atoms with Crippen LogP contribution < -0.4 is 5.43 Å². The number of rotatable bonds is 7. The van der Waals surface area contributed by atoms with Crippen LogP contribution in [0.15, 0.2) is 46.3 Å². The third-order valence-electron chi connectivity index (χ3n) is 7.82. The van der Waals surface area contributed by atoms with Gasteiger partial charge < -0.3 is 14.4 Å². The molecule has 1 aromatic carbocycles. The lowest BCUT2D eigenvalue weighted by atomic mass is 9.76. The van der Waals surface area contributed by atoms with Crippen LogP contribution in [0.5, 0.6) is 5.75 Å². The van der Waals surface area contributed by atoms with Crippen molar-refractivity contribution in [2.75, 3.05) is 13.2 Å². The molecule has 196 valence electrons. The Morgan fingerprint density at radius 3 is 2.76 bits per heavy atom. The minimum Gasteiger partial charge on any atom is -0.503 e. The standard InChI is InChI=1S/C30H35FN2O4/c1-5-8-19-9-10-21(25(31)11-19)14-32-13-20(7-3)23-15-33-26-17-37-16-24(26)22(18(4)6-2)12-27(34)28(33)30(36)29(23)35/h5,7-11,13,15,18,22,24,26,36H,6,12,14,16-17H2,1-4H3/b8-5?,20-7+,32-13?. The first kappa shape index (κ1) is 26.7. The third kappa shape index (κ3) is 5.23. The number of aromatic hydroxyl groups is 1. The van der Waals surface area contributed by atoms with Crippen LogP contribution in [0.4, 0.5) is 4.39 Å². The van der Waals surface area contributed by atoms with Gasteiger partial charge in [-0.2, -0.15) is 0 Å². The summed E-state index contributed by atoms with van der Waals surface area (Å²) in [5, 5.41) is 11.0. The zero-order valence-corrected chi connectivity index (χ0v) is 21.9. The molecule has 0 amide bonds. The first-order valence-corrected chi connectivity index (χ1v) is 13.0. The van der Waals surface area contributed by atoms with Crippen LogP contribution in [-0.2, 0) is 11.3 Å². The van der Waals surface area contributed by atoms with Gasteiger partial charge in [0.15, 0.2) is 11.5 Å². The minimum atomic E-state index is -0.613. The van der Waals surface area contributed by atoms with E-state index in [0.717, 1.165) is 12.0 Å². The molecule has 1 N–H and O–H groups in total. The van der Waals surface area contributed by atoms with E-state index in [1.807, 2.05) is 25.1 Å². The number of ether oxygens (including phenoxy) is 1. The fraction of sp³-hybridized carbons (Fsp3) is 0.433. The molecule has 0 saturated carbocycles. The van der Waals surface area contributed by atoms with Crippen molar-refractivity contribution in [2.24, 2.45) is 22.7 Å². The normalized spacial score (nSPS) is 22.9. The SMILES string of the molecule is CC=Cc1ccc(CN=C/C(=C\C)c2cn3c(c(O)c2=O)C(=O)CC(C(C)CC)C2COCC23)c(F)c1. The van der Waals surface area contributed by atoms with E-state index in [1.54, 1.807) is 29.8 Å². The van der Waals surface area contributed by atoms with Crippen molar-refractivity contribution in [3.63, 3.8) is 0 Å². The molecule has 6 nitrogen and oxygen atoms in total. The summed E-state index contributed by atoms with van der Waals surface area (Å²) in [6.45, 7) is 8.96. The Morgan fingerprint density at radius 2 is 2.08 bits per heavy atom. The van der Waals surface area contributed by atoms with Crippen molar-refractivity contribution in [1.82, 2.24) is 4.57 Å². The molecule has 4 atom stereocenters. The van der Waals surface area contributed by atoms with Gasteiger partial charge in [-0.15, -0.1) is 0 Å². The van der Waals surface area contributed by atoms with E-state index in [-0.39, 0.29) is 53.7 Å². The van der Waals surface area contributed by atoms with Gasteiger partial charge in [-0.3, -0.25) is 14.6 Å². The molecule has 4 rings (SSSR count). The molecule has 2 aromatic rings. The lowest BCUT2D eigenvalue weighted by Crippen LogP contribution is -2.28. The number of benzene rings is 1. The molecule has 0 bridgehead atoms. The monoisotopic (exact) mass is 506 g/mol. The van der Waals surface area contributed by atoms with E-state index >= 15 is 0 Å². The molecule has 1 aromatic heterocycles. The van der Waals surface area contributed by atoms with Gasteiger partial charge in [0.05, 0.1) is 31.4 Å². The topological polar surface area (TPSA) is 80.9 Å². The van der Waals surface area contributed by atoms with E-state index in [2.05, 4.69) is 18.8 Å². The summed E-state index contributed by atoms with van der Waals surface area (Å²) in [5.41, 5.74) is 1.40. The smallest absolute Gasteiger partial charge is 0.231 e. The number of aliphatic imine (C=N–C) groups is 1. The van der Waals surface area contributed by atoms with Crippen molar-refractivity contribution in [3.8, 4) is 5.75 Å². The molecule has 3 heterocycles. The zero-order chi connectivity index (χ0) is 26.7. The summed E-state index contributed by atoms with van der Waals surface area (Å²) in [6.07, 6.45) is 9.78. The minimum absolute atomic E-state index is 0.0655. The number of ketones is 1. The Hall–Kier alpha value is -3.32. The summed E-state index contributed by atoms with van der Waals surface area (Å²) in [5.74, 6) is -0.554. The van der Waals surface area contributed by atoms with E-state index < -0.39 is 11.2 Å². The molecule has 2 aliphatic heterocycles. The van der Waals surface area contributed by atoms with Crippen LogP contribution >= 0.6 is 0 Å². The molecule has 2 aliphatic rings. The van der Waals surface area contributed by atoms with Crippen LogP contribution in [0.25, 0.3) is 11.6 Å². The number of halogens is 1. The van der Waals surface area contributed by atoms with Crippen LogP contribution in [0.3, 0.4) is 0 Å². The summed E-state index contributed by atoms with van der Waals surface area (Å²) in [7, 11) is 0. The number of fused-ring (bicyclic) bond motifs is 3. The number of aromatic nitrogens is 1. The van der Waals surface area contributed by atoms with Gasteiger partial charge in [-0.1, -0.05) is 50.6 Å². The number of allylic oxidation sites excluding steroid dienone is 3. The quantitative estimate of drug-likeness (QED) is 0.479. The fourth-order valence-electron chi connectivity index (χ4n) is 5.54. The number of hydrogen-bond acceptors (Lipinski definition) is 5. The van der Waals surface area contributed by atoms with E-state index in [9.17, 15) is 19.1 Å². The Bertz CT molecular complexity index is 1320. The Labute approximate surface area is 217 Å². The lowest BCUT2D eigenvalue weighted by molar-refractivity contribution is 0.0900. The molecule has 7 heteroatoms. The maximum absolute atomic E-state index is 14.5. The van der Waals surface area contributed by atoms with Gasteiger partial charge in [-0.05, 0) is 37.3 Å². The summed E-state index contributed by atoms with van der Waals surface area (Å²) >= 11 is 0. The second-order valence-electron chi connectivity index (χ2n) is 9.99. The predicted molar refractivity (Wildman–Crippen MR) is 145 cm³/mol. The van der Waals surface area contributed by atoms with E-state index in [0.29, 0.717) is 30.3 Å². The first-order valence-electron chi connectivity index (χ1n) is 13.0. The molecule has 1 fully saturated rings. The third-order valence-corrected chi connectivity index (χ3v) is 7.82. The second-order valence-corrected chi connectivity index (χ2v) is 9.99. The van der Waals surface area contributed by atoms with Gasteiger partial charge in [0, 0.05) is 35.9 Å². The van der Waals surface area contributed by atoms with Gasteiger partial charge >= 0.3 is 0 Å². The molecule has 4 unspecified atom stereocenters. The van der Waals surface area contributed by atoms with Gasteiger partial charge in [0.2, 0.25) is 5.43 Å². The van der Waals surface area contributed by atoms with Gasteiger partial charge in [0.1, 0.15) is 11.5 Å². The fourth-order valence-corrected chi connectivity index (χ4v) is 5.54. The number of Topliss-reactive ketones (excluding diaryl/α,β-unsaturated/α-hetero) is 1. The maximum atomic E-state index is 14.5. The van der Waals surface area contributed by atoms with Gasteiger partial charge in [-0.25, -0.2) is 4.39 Å². The highest BCUT2D eigenvalue weighted by Gasteiger charge is 2.43. The average Bonchev–Trinajstić information content (AvgIpc) is 3.33. The summed E-state index contributed by atoms with van der Waals surface area (Å²) in [6, 6.07) is 4.83. The number of carbonyl (C=O) groups excluding carboxylic acids is 1. The Balaban J connectivity index is 1.68. The van der Waals surface area contributed by atoms with Crippen LogP contribution in [0.2, 0.25) is 0 Å². The van der Waals surface area contributed by atoms with Crippen molar-refractivity contribution in [1.29, 1.82) is 0 Å². The number of hydrogen-bond donors (Lipinski definition) is 1. The molecule has 0 aliphatic carbocycles. The number of pyridine rings is 1. The molecule has 1 saturated heterocycles. The van der Waals surface area contributed by atoms with E-state index in [1.165, 1.54) is 12.3 Å². The summed E-state index contributed by atoms with van der Waals surface area (Å²) in [4.78, 5) is 30.9. The van der Waals surface area contributed by atoms with Crippen molar-refractivity contribution >= 4 is 23.6 Å². The Kier molecular flexibility index (Phi) is 8.22. The largest absolute Gasteiger partial charge is 0.503 e. The second kappa shape index (κ2) is 11.4. The van der Waals surface area contributed by atoms with Gasteiger partial charge in [0.25, 0.3) is 0 Å². The first-order chi connectivity index (χ1) is 17.8. The van der Waals surface area contributed by atoms with Crippen LogP contribution in [-0.4, -0.2) is 34.9 Å². The van der Waals surface area contributed by atoms with Crippen molar-refractivity contribution in [2.45, 2.75) is 53.1 Å². The maximum Gasteiger partial charge on any atom is 0.231 e. The molecule has 0 spiro atoms. The number of carbonyl (C=O) groups is 1. The lowest BCUT2D eigenvalue weighted by Gasteiger charge is -2.29. The average molecular weight is 507 g/mol. The highest BCUT2D eigenvalue weighted by Crippen LogP contribution is 2.43. The van der Waals surface area contributed by atoms with Crippen molar-refractivity contribution in [3.05, 3.63) is 75.0 Å². The predicted octanol–water partition coefficient (Wildman–Crippen LogP) is 5.84. The molecule has 37 heavy (non-hydrogen) atoms. The van der Waals surface area contributed by atoms with Crippen molar-refractivity contribution < 1.29 is 19.0 Å². The molecular weight excluding hydrogens is 471 g/mol. The molecular formula is C30H35FN2O4. The van der Waals surface area contributed by atoms with E-state index in [4.69, 9.17) is 4.74 Å². The van der Waals surface area contributed by atoms with Crippen LogP contribution in [0.1, 0.15) is 73.8 Å². The Morgan fingerprint density at radius 1 is 1.30 bits per heavy atom. The highest BCUT2D eigenvalue weighted by atomic mass is 19.1. The number of nitrogens with zero attached hydrogens (tertiary/aromatic N) is 2. The van der Waals surface area contributed by atoms with Crippen LogP contribution in [0, 0.1) is 23.6 Å². The molecule has 0 radical (unpaired) electrons. The summed E-state index contributed by atoms with van der Waals surface area (Å²) < 4.78 is 22.1.